The first-order valence-electron chi connectivity index (χ1n) is 8.34. The Bertz CT molecular complexity index is 817. The van der Waals surface area contributed by atoms with E-state index in [0.717, 1.165) is 6.08 Å². The Morgan fingerprint density at radius 3 is 2.46 bits per heavy atom. The number of likely N-dealkylation sites (tertiary alicyclic amines) is 1. The zero-order valence-corrected chi connectivity index (χ0v) is 15.0. The Balaban J connectivity index is 1.62. The average Bonchev–Trinajstić information content (AvgIpc) is 2.59. The molecule has 2 fully saturated rings. The van der Waals surface area contributed by atoms with Crippen molar-refractivity contribution in [1.82, 2.24) is 15.3 Å². The van der Waals surface area contributed by atoms with Crippen LogP contribution in [-0.4, -0.2) is 79.0 Å². The summed E-state index contributed by atoms with van der Waals surface area (Å²) in [7, 11) is -2.91. The predicted molar refractivity (Wildman–Crippen MR) is 95.3 cm³/mol. The van der Waals surface area contributed by atoms with Crippen LogP contribution in [0.5, 0.6) is 0 Å². The van der Waals surface area contributed by atoms with E-state index in [9.17, 15) is 18.0 Å². The van der Waals surface area contributed by atoms with Gasteiger partial charge in [0.25, 0.3) is 11.8 Å². The molecule has 1 aromatic rings. The molecule has 140 valence electrons. The molecule has 1 aromatic carbocycles. The monoisotopic (exact) mass is 379 g/mol. The number of benzene rings is 1. The van der Waals surface area contributed by atoms with E-state index < -0.39 is 15.7 Å². The summed E-state index contributed by atoms with van der Waals surface area (Å²) in [6, 6.07) is 7.13. The SMILES string of the molecule is O=C(/C=C/c1ccccc1C(=O)N1CC(N2CCS(=O)(=O)CC2)C1)NO. The maximum atomic E-state index is 12.7. The van der Waals surface area contributed by atoms with E-state index >= 15 is 0 Å². The van der Waals surface area contributed by atoms with Crippen molar-refractivity contribution < 1.29 is 23.2 Å². The highest BCUT2D eigenvalue weighted by molar-refractivity contribution is 7.91. The third-order valence-electron chi connectivity index (χ3n) is 4.76. The van der Waals surface area contributed by atoms with Gasteiger partial charge in [-0.3, -0.25) is 19.7 Å². The van der Waals surface area contributed by atoms with Gasteiger partial charge in [0.15, 0.2) is 9.84 Å². The maximum absolute atomic E-state index is 12.7. The quantitative estimate of drug-likeness (QED) is 0.425. The molecule has 2 heterocycles. The minimum atomic E-state index is -2.91. The highest BCUT2D eigenvalue weighted by atomic mass is 32.2. The van der Waals surface area contributed by atoms with Gasteiger partial charge in [-0.05, 0) is 17.7 Å². The van der Waals surface area contributed by atoms with Crippen LogP contribution in [0, 0.1) is 0 Å². The Labute approximate surface area is 152 Å². The Morgan fingerprint density at radius 2 is 1.81 bits per heavy atom. The summed E-state index contributed by atoms with van der Waals surface area (Å²) < 4.78 is 23.0. The second kappa shape index (κ2) is 7.56. The van der Waals surface area contributed by atoms with Crippen LogP contribution in [0.4, 0.5) is 0 Å². The van der Waals surface area contributed by atoms with Crippen molar-refractivity contribution in [1.29, 1.82) is 0 Å². The van der Waals surface area contributed by atoms with Crippen LogP contribution in [0.2, 0.25) is 0 Å². The summed E-state index contributed by atoms with van der Waals surface area (Å²) in [6.07, 6.45) is 2.63. The molecule has 3 rings (SSSR count). The van der Waals surface area contributed by atoms with E-state index in [1.54, 1.807) is 29.2 Å². The molecule has 0 aliphatic carbocycles. The lowest BCUT2D eigenvalue weighted by Gasteiger charge is -2.46. The highest BCUT2D eigenvalue weighted by Crippen LogP contribution is 2.22. The van der Waals surface area contributed by atoms with Crippen LogP contribution in [-0.2, 0) is 14.6 Å². The fourth-order valence-corrected chi connectivity index (χ4v) is 4.38. The number of hydrogen-bond acceptors (Lipinski definition) is 6. The molecule has 2 N–H and O–H groups in total. The lowest BCUT2D eigenvalue weighted by molar-refractivity contribution is -0.124. The Hall–Kier alpha value is -2.23. The van der Waals surface area contributed by atoms with Gasteiger partial charge in [0.2, 0.25) is 0 Å². The molecule has 2 aliphatic rings. The smallest absolute Gasteiger partial charge is 0.267 e. The summed E-state index contributed by atoms with van der Waals surface area (Å²) in [6.45, 7) is 2.16. The van der Waals surface area contributed by atoms with Gasteiger partial charge in [-0.2, -0.15) is 0 Å². The number of nitrogens with zero attached hydrogens (tertiary/aromatic N) is 2. The van der Waals surface area contributed by atoms with E-state index in [4.69, 9.17) is 5.21 Å². The number of nitrogens with one attached hydrogen (secondary N) is 1. The van der Waals surface area contributed by atoms with Gasteiger partial charge >= 0.3 is 0 Å². The number of rotatable bonds is 4. The van der Waals surface area contributed by atoms with Crippen molar-refractivity contribution in [2.24, 2.45) is 0 Å². The van der Waals surface area contributed by atoms with Crippen molar-refractivity contribution in [2.45, 2.75) is 6.04 Å². The number of hydrogen-bond donors (Lipinski definition) is 2. The van der Waals surface area contributed by atoms with Crippen molar-refractivity contribution >= 4 is 27.7 Å². The molecule has 0 saturated carbocycles. The van der Waals surface area contributed by atoms with Crippen LogP contribution in [0.1, 0.15) is 15.9 Å². The summed E-state index contributed by atoms with van der Waals surface area (Å²) in [4.78, 5) is 27.7. The molecule has 0 unspecified atom stereocenters. The van der Waals surface area contributed by atoms with Crippen LogP contribution in [0.15, 0.2) is 30.3 Å². The molecule has 8 nitrogen and oxygen atoms in total. The fourth-order valence-electron chi connectivity index (χ4n) is 3.15. The molecule has 2 amide bonds. The van der Waals surface area contributed by atoms with E-state index in [1.165, 1.54) is 11.6 Å². The number of carbonyl (C=O) groups is 2. The first-order chi connectivity index (χ1) is 12.4. The van der Waals surface area contributed by atoms with Gasteiger partial charge in [-0.1, -0.05) is 18.2 Å². The van der Waals surface area contributed by atoms with Crippen LogP contribution in [0.3, 0.4) is 0 Å². The number of carbonyl (C=O) groups excluding carboxylic acids is 2. The summed E-state index contributed by atoms with van der Waals surface area (Å²) in [5.74, 6) is -0.442. The van der Waals surface area contributed by atoms with Crippen molar-refractivity contribution in [3.8, 4) is 0 Å². The third kappa shape index (κ3) is 4.12. The van der Waals surface area contributed by atoms with Crippen molar-refractivity contribution in [3.05, 3.63) is 41.5 Å². The molecular formula is C17H21N3O5S. The average molecular weight is 379 g/mol. The highest BCUT2D eigenvalue weighted by Gasteiger charge is 2.37. The second-order valence-electron chi connectivity index (χ2n) is 6.45. The third-order valence-corrected chi connectivity index (χ3v) is 6.37. The molecule has 0 atom stereocenters. The first-order valence-corrected chi connectivity index (χ1v) is 10.2. The summed E-state index contributed by atoms with van der Waals surface area (Å²) in [5, 5.41) is 8.54. The number of amides is 2. The Morgan fingerprint density at radius 1 is 1.15 bits per heavy atom. The van der Waals surface area contributed by atoms with Gasteiger partial charge < -0.3 is 4.90 Å². The van der Waals surface area contributed by atoms with Crippen LogP contribution >= 0.6 is 0 Å². The van der Waals surface area contributed by atoms with Crippen LogP contribution < -0.4 is 5.48 Å². The summed E-state index contributed by atoms with van der Waals surface area (Å²) in [5.41, 5.74) is 2.58. The molecule has 0 spiro atoms. The molecule has 9 heteroatoms. The molecule has 2 aliphatic heterocycles. The maximum Gasteiger partial charge on any atom is 0.267 e. The van der Waals surface area contributed by atoms with Gasteiger partial charge in [0.05, 0.1) is 11.5 Å². The van der Waals surface area contributed by atoms with E-state index in [1.807, 2.05) is 0 Å². The van der Waals surface area contributed by atoms with E-state index in [-0.39, 0.29) is 23.5 Å². The molecule has 0 bridgehead atoms. The van der Waals surface area contributed by atoms with E-state index in [2.05, 4.69) is 4.90 Å². The standard InChI is InChI=1S/C17H21N3O5S/c21-16(18-23)6-5-13-3-1-2-4-15(13)17(22)20-11-14(12-20)19-7-9-26(24,25)10-8-19/h1-6,14,23H,7-12H2,(H,18,21)/b6-5+. The molecule has 26 heavy (non-hydrogen) atoms. The van der Waals surface area contributed by atoms with Gasteiger partial charge in [-0.25, -0.2) is 13.9 Å². The lowest BCUT2D eigenvalue weighted by Crippen LogP contribution is -2.63. The molecule has 2 saturated heterocycles. The van der Waals surface area contributed by atoms with Gasteiger partial charge in [0.1, 0.15) is 0 Å². The lowest BCUT2D eigenvalue weighted by atomic mass is 10.0. The molecule has 0 radical (unpaired) electrons. The largest absolute Gasteiger partial charge is 0.335 e. The van der Waals surface area contributed by atoms with Gasteiger partial charge in [0, 0.05) is 43.9 Å². The number of hydroxylamine groups is 1. The molecular weight excluding hydrogens is 358 g/mol. The zero-order valence-electron chi connectivity index (χ0n) is 14.2. The number of sulfone groups is 1. The van der Waals surface area contributed by atoms with Crippen molar-refractivity contribution in [2.75, 3.05) is 37.7 Å². The van der Waals surface area contributed by atoms with E-state index in [0.29, 0.717) is 37.3 Å². The topological polar surface area (TPSA) is 107 Å². The molecule has 0 aromatic heterocycles. The van der Waals surface area contributed by atoms with Crippen molar-refractivity contribution in [3.63, 3.8) is 0 Å². The normalized spacial score (nSPS) is 20.7. The second-order valence-corrected chi connectivity index (χ2v) is 8.75. The fraction of sp³-hybridized carbons (Fsp3) is 0.412. The predicted octanol–water partition coefficient (Wildman–Crippen LogP) is -0.240. The minimum Gasteiger partial charge on any atom is -0.335 e. The van der Waals surface area contributed by atoms with Crippen LogP contribution in [0.25, 0.3) is 6.08 Å². The summed E-state index contributed by atoms with van der Waals surface area (Å²) >= 11 is 0. The first kappa shape index (κ1) is 18.6. The van der Waals surface area contributed by atoms with Gasteiger partial charge in [-0.15, -0.1) is 0 Å². The zero-order chi connectivity index (χ0) is 18.7. The minimum absolute atomic E-state index is 0.129. The Kier molecular flexibility index (Phi) is 5.40.